The highest BCUT2D eigenvalue weighted by molar-refractivity contribution is 6.05. The number of carbonyl (C=O) groups excluding carboxylic acids is 1. The first-order chi connectivity index (χ1) is 13.9. The van der Waals surface area contributed by atoms with E-state index in [2.05, 4.69) is 20.6 Å². The Morgan fingerprint density at radius 1 is 1.03 bits per heavy atom. The van der Waals surface area contributed by atoms with Crippen molar-refractivity contribution >= 4 is 28.9 Å². The lowest BCUT2D eigenvalue weighted by atomic mass is 10.1. The number of anilines is 4. The van der Waals surface area contributed by atoms with Gasteiger partial charge < -0.3 is 15.4 Å². The first-order valence-electron chi connectivity index (χ1n) is 9.25. The second kappa shape index (κ2) is 9.01. The second-order valence-electron chi connectivity index (χ2n) is 6.87. The standard InChI is InChI=1S/C23H24N4O2/c1-15(2)11-21(28)17-7-5-8-18(12-17)25-22-16(3)14-24-23(27-22)26-19-9-6-10-20(13-19)29-4/h5-14H,1-4H3,(H2,24,25,26,27). The van der Waals surface area contributed by atoms with E-state index in [1.165, 1.54) is 0 Å². The van der Waals surface area contributed by atoms with Gasteiger partial charge in [0, 0.05) is 34.8 Å². The van der Waals surface area contributed by atoms with Gasteiger partial charge in [0.15, 0.2) is 5.78 Å². The molecule has 1 heterocycles. The van der Waals surface area contributed by atoms with E-state index in [1.807, 2.05) is 63.2 Å². The van der Waals surface area contributed by atoms with Crippen LogP contribution in [0.2, 0.25) is 0 Å². The van der Waals surface area contributed by atoms with E-state index >= 15 is 0 Å². The maximum absolute atomic E-state index is 12.3. The quantitative estimate of drug-likeness (QED) is 0.415. The third-order valence-electron chi connectivity index (χ3n) is 4.13. The summed E-state index contributed by atoms with van der Waals surface area (Å²) in [6.45, 7) is 5.73. The van der Waals surface area contributed by atoms with Crippen molar-refractivity contribution in [2.45, 2.75) is 20.8 Å². The average molecular weight is 388 g/mol. The Bertz CT molecular complexity index is 1060. The van der Waals surface area contributed by atoms with Crippen molar-refractivity contribution < 1.29 is 9.53 Å². The minimum absolute atomic E-state index is 0.0200. The fourth-order valence-corrected chi connectivity index (χ4v) is 2.69. The van der Waals surface area contributed by atoms with Gasteiger partial charge in [-0.15, -0.1) is 0 Å². The number of nitrogens with one attached hydrogen (secondary N) is 2. The summed E-state index contributed by atoms with van der Waals surface area (Å²) in [6, 6.07) is 14.9. The number of ether oxygens (including phenoxy) is 1. The van der Waals surface area contributed by atoms with Crippen LogP contribution in [0.3, 0.4) is 0 Å². The molecule has 6 nitrogen and oxygen atoms in total. The molecule has 2 aromatic carbocycles. The number of hydrogen-bond donors (Lipinski definition) is 2. The van der Waals surface area contributed by atoms with Crippen LogP contribution in [-0.2, 0) is 0 Å². The number of ketones is 1. The number of benzene rings is 2. The molecule has 0 unspecified atom stereocenters. The molecule has 0 radical (unpaired) electrons. The molecule has 0 saturated heterocycles. The number of allylic oxidation sites excluding steroid dienone is 2. The molecule has 3 rings (SSSR count). The summed E-state index contributed by atoms with van der Waals surface area (Å²) in [6.07, 6.45) is 3.38. The van der Waals surface area contributed by atoms with Crippen LogP contribution in [0.4, 0.5) is 23.1 Å². The Balaban J connectivity index is 1.82. The average Bonchev–Trinajstić information content (AvgIpc) is 2.70. The molecule has 0 amide bonds. The van der Waals surface area contributed by atoms with Gasteiger partial charge in [-0.05, 0) is 51.1 Å². The summed E-state index contributed by atoms with van der Waals surface area (Å²) in [5.74, 6) is 1.85. The maximum Gasteiger partial charge on any atom is 0.229 e. The molecule has 0 aliphatic rings. The van der Waals surface area contributed by atoms with E-state index in [4.69, 9.17) is 4.74 Å². The molecule has 0 fully saturated rings. The highest BCUT2D eigenvalue weighted by Crippen LogP contribution is 2.23. The summed E-state index contributed by atoms with van der Waals surface area (Å²) in [5, 5.41) is 6.46. The maximum atomic E-state index is 12.3. The van der Waals surface area contributed by atoms with Crippen LogP contribution in [-0.4, -0.2) is 22.9 Å². The summed E-state index contributed by atoms with van der Waals surface area (Å²) < 4.78 is 5.24. The summed E-state index contributed by atoms with van der Waals surface area (Å²) in [5.41, 5.74) is 4.09. The minimum atomic E-state index is -0.0200. The van der Waals surface area contributed by atoms with Gasteiger partial charge in [0.25, 0.3) is 0 Å². The number of nitrogens with zero attached hydrogens (tertiary/aromatic N) is 2. The number of carbonyl (C=O) groups is 1. The Labute approximate surface area is 170 Å². The van der Waals surface area contributed by atoms with Crippen LogP contribution in [0.15, 0.2) is 66.4 Å². The highest BCUT2D eigenvalue weighted by atomic mass is 16.5. The molecule has 2 N–H and O–H groups in total. The second-order valence-corrected chi connectivity index (χ2v) is 6.87. The van der Waals surface area contributed by atoms with E-state index in [1.54, 1.807) is 25.4 Å². The molecule has 0 aliphatic heterocycles. The molecule has 0 spiro atoms. The largest absolute Gasteiger partial charge is 0.497 e. The van der Waals surface area contributed by atoms with Gasteiger partial charge in [0.05, 0.1) is 7.11 Å². The number of methoxy groups -OCH3 is 1. The zero-order chi connectivity index (χ0) is 20.8. The number of aryl methyl sites for hydroxylation is 1. The first kappa shape index (κ1) is 20.1. The van der Waals surface area contributed by atoms with Crippen LogP contribution in [0, 0.1) is 6.92 Å². The van der Waals surface area contributed by atoms with E-state index in [9.17, 15) is 4.79 Å². The molecule has 29 heavy (non-hydrogen) atoms. The number of hydrogen-bond acceptors (Lipinski definition) is 6. The third kappa shape index (κ3) is 5.42. The molecule has 0 bridgehead atoms. The van der Waals surface area contributed by atoms with Gasteiger partial charge in [-0.25, -0.2) is 4.98 Å². The van der Waals surface area contributed by atoms with Crippen LogP contribution >= 0.6 is 0 Å². The monoisotopic (exact) mass is 388 g/mol. The molecular weight excluding hydrogens is 364 g/mol. The summed E-state index contributed by atoms with van der Waals surface area (Å²) >= 11 is 0. The van der Waals surface area contributed by atoms with Gasteiger partial charge in [0.2, 0.25) is 5.95 Å². The number of aromatic nitrogens is 2. The summed E-state index contributed by atoms with van der Waals surface area (Å²) in [7, 11) is 1.62. The lowest BCUT2D eigenvalue weighted by Gasteiger charge is -2.12. The van der Waals surface area contributed by atoms with Gasteiger partial charge in [-0.1, -0.05) is 23.8 Å². The molecule has 0 saturated carbocycles. The first-order valence-corrected chi connectivity index (χ1v) is 9.25. The SMILES string of the molecule is COc1cccc(Nc2ncc(C)c(Nc3cccc(C(=O)C=C(C)C)c3)n2)c1. The molecule has 1 aromatic heterocycles. The third-order valence-corrected chi connectivity index (χ3v) is 4.13. The normalized spacial score (nSPS) is 10.2. The Kier molecular flexibility index (Phi) is 6.24. The van der Waals surface area contributed by atoms with Crippen molar-refractivity contribution in [2.24, 2.45) is 0 Å². The molecule has 148 valence electrons. The van der Waals surface area contributed by atoms with Crippen molar-refractivity contribution in [3.63, 3.8) is 0 Å². The molecule has 0 atom stereocenters. The Morgan fingerprint density at radius 2 is 1.76 bits per heavy atom. The Hall–Kier alpha value is -3.67. The summed E-state index contributed by atoms with van der Waals surface area (Å²) in [4.78, 5) is 21.2. The van der Waals surface area contributed by atoms with Crippen molar-refractivity contribution in [2.75, 3.05) is 17.7 Å². The fourth-order valence-electron chi connectivity index (χ4n) is 2.69. The van der Waals surface area contributed by atoms with Crippen molar-refractivity contribution in [1.29, 1.82) is 0 Å². The Morgan fingerprint density at radius 3 is 2.48 bits per heavy atom. The number of rotatable bonds is 7. The molecule has 6 heteroatoms. The lowest BCUT2D eigenvalue weighted by Crippen LogP contribution is -2.03. The topological polar surface area (TPSA) is 76.1 Å². The van der Waals surface area contributed by atoms with Gasteiger partial charge in [-0.3, -0.25) is 4.79 Å². The molecule has 3 aromatic rings. The van der Waals surface area contributed by atoms with Gasteiger partial charge in [-0.2, -0.15) is 4.98 Å². The van der Waals surface area contributed by atoms with Crippen molar-refractivity contribution in [1.82, 2.24) is 9.97 Å². The van der Waals surface area contributed by atoms with Crippen LogP contribution in [0.25, 0.3) is 0 Å². The van der Waals surface area contributed by atoms with Crippen LogP contribution < -0.4 is 15.4 Å². The van der Waals surface area contributed by atoms with Crippen LogP contribution in [0.1, 0.15) is 29.8 Å². The fraction of sp³-hybridized carbons (Fsp3) is 0.174. The highest BCUT2D eigenvalue weighted by Gasteiger charge is 2.08. The lowest BCUT2D eigenvalue weighted by molar-refractivity contribution is 0.104. The smallest absolute Gasteiger partial charge is 0.229 e. The van der Waals surface area contributed by atoms with E-state index < -0.39 is 0 Å². The van der Waals surface area contributed by atoms with Gasteiger partial charge >= 0.3 is 0 Å². The zero-order valence-electron chi connectivity index (χ0n) is 17.0. The minimum Gasteiger partial charge on any atom is -0.497 e. The van der Waals surface area contributed by atoms with E-state index in [-0.39, 0.29) is 5.78 Å². The van der Waals surface area contributed by atoms with Crippen molar-refractivity contribution in [3.8, 4) is 5.75 Å². The van der Waals surface area contributed by atoms with E-state index in [0.29, 0.717) is 17.3 Å². The van der Waals surface area contributed by atoms with Crippen LogP contribution in [0.5, 0.6) is 5.75 Å². The van der Waals surface area contributed by atoms with Gasteiger partial charge in [0.1, 0.15) is 11.6 Å². The van der Waals surface area contributed by atoms with Crippen molar-refractivity contribution in [3.05, 3.63) is 77.5 Å². The zero-order valence-corrected chi connectivity index (χ0v) is 17.0. The van der Waals surface area contributed by atoms with E-state index in [0.717, 1.165) is 28.3 Å². The predicted molar refractivity (Wildman–Crippen MR) is 117 cm³/mol. The molecule has 0 aliphatic carbocycles. The predicted octanol–water partition coefficient (Wildman–Crippen LogP) is 5.43. The molecular formula is C23H24N4O2.